The van der Waals surface area contributed by atoms with Gasteiger partial charge in [0.2, 0.25) is 0 Å². The lowest BCUT2D eigenvalue weighted by molar-refractivity contribution is -0.0597. The third-order valence-corrected chi connectivity index (χ3v) is 1.76. The molecule has 0 aliphatic rings. The molecule has 0 spiro atoms. The lowest BCUT2D eigenvalue weighted by atomic mass is 9.87. The van der Waals surface area contributed by atoms with Crippen molar-refractivity contribution in [2.45, 2.75) is 45.6 Å². The van der Waals surface area contributed by atoms with Crippen LogP contribution in [0.25, 0.3) is 0 Å². The first-order valence-corrected chi connectivity index (χ1v) is 4.39. The van der Waals surface area contributed by atoms with E-state index in [1.165, 1.54) is 0 Å². The fraction of sp³-hybridized carbons (Fsp3) is 1.00. The molecule has 13 heavy (non-hydrogen) atoms. The fourth-order valence-corrected chi connectivity index (χ4v) is 1.05. The Bertz CT molecular complexity index is 144. The van der Waals surface area contributed by atoms with E-state index in [2.05, 4.69) is 0 Å². The Morgan fingerprint density at radius 3 is 2.00 bits per heavy atom. The summed E-state index contributed by atoms with van der Waals surface area (Å²) in [7, 11) is 0. The van der Waals surface area contributed by atoms with E-state index in [4.69, 9.17) is 15.3 Å². The molecule has 0 saturated heterocycles. The van der Waals surface area contributed by atoms with E-state index >= 15 is 0 Å². The minimum Gasteiger partial charge on any atom is -0.394 e. The summed E-state index contributed by atoms with van der Waals surface area (Å²) in [5, 5.41) is 26.6. The smallest absolute Gasteiger partial charge is 0.129 e. The average molecular weight is 194 g/mol. The summed E-state index contributed by atoms with van der Waals surface area (Å²) in [4.78, 5) is 0. The van der Waals surface area contributed by atoms with Crippen LogP contribution in [-0.4, -0.2) is 40.3 Å². The number of hydrogen-bond acceptors (Lipinski definition) is 3. The molecule has 0 saturated carbocycles. The standard InChI is InChI=1S/C9H19FO3/c1-9(2,3)4-6(10)8(13)7(12)5-11/h6-8,11-13H,4-5H2,1-3H3/t6-,7-,8+/m1/s1. The first-order valence-electron chi connectivity index (χ1n) is 4.39. The topological polar surface area (TPSA) is 60.7 Å². The van der Waals surface area contributed by atoms with Crippen molar-refractivity contribution in [3.8, 4) is 0 Å². The highest BCUT2D eigenvalue weighted by Gasteiger charge is 2.29. The SMILES string of the molecule is CC(C)(C)C[C@@H](F)[C@H](O)[C@H](O)CO. The second kappa shape index (κ2) is 4.88. The van der Waals surface area contributed by atoms with Gasteiger partial charge in [0.05, 0.1) is 6.61 Å². The summed E-state index contributed by atoms with van der Waals surface area (Å²) >= 11 is 0. The van der Waals surface area contributed by atoms with Gasteiger partial charge in [0.1, 0.15) is 18.4 Å². The van der Waals surface area contributed by atoms with Crippen LogP contribution in [0, 0.1) is 5.41 Å². The van der Waals surface area contributed by atoms with Crippen molar-refractivity contribution in [1.29, 1.82) is 0 Å². The molecule has 3 nitrogen and oxygen atoms in total. The van der Waals surface area contributed by atoms with Crippen molar-refractivity contribution in [2.24, 2.45) is 5.41 Å². The molecular weight excluding hydrogens is 175 g/mol. The summed E-state index contributed by atoms with van der Waals surface area (Å²) in [6.07, 6.45) is -4.23. The first kappa shape index (κ1) is 12.8. The fourth-order valence-electron chi connectivity index (χ4n) is 1.05. The average Bonchev–Trinajstić information content (AvgIpc) is 1.98. The third kappa shape index (κ3) is 5.18. The van der Waals surface area contributed by atoms with Gasteiger partial charge in [0.25, 0.3) is 0 Å². The number of rotatable bonds is 4. The van der Waals surface area contributed by atoms with Gasteiger partial charge in [-0.05, 0) is 11.8 Å². The Kier molecular flexibility index (Phi) is 4.81. The summed E-state index contributed by atoms with van der Waals surface area (Å²) < 4.78 is 13.2. The molecule has 3 atom stereocenters. The van der Waals surface area contributed by atoms with Gasteiger partial charge in [-0.3, -0.25) is 0 Å². The first-order chi connectivity index (χ1) is 5.78. The zero-order valence-corrected chi connectivity index (χ0v) is 8.37. The highest BCUT2D eigenvalue weighted by molar-refractivity contribution is 4.79. The maximum Gasteiger partial charge on any atom is 0.129 e. The number of alkyl halides is 1. The van der Waals surface area contributed by atoms with Crippen LogP contribution in [-0.2, 0) is 0 Å². The van der Waals surface area contributed by atoms with Gasteiger partial charge >= 0.3 is 0 Å². The second-order valence-corrected chi connectivity index (χ2v) is 4.52. The third-order valence-electron chi connectivity index (χ3n) is 1.76. The lowest BCUT2D eigenvalue weighted by Gasteiger charge is -2.25. The van der Waals surface area contributed by atoms with E-state index in [0.29, 0.717) is 0 Å². The van der Waals surface area contributed by atoms with Gasteiger partial charge in [0, 0.05) is 0 Å². The van der Waals surface area contributed by atoms with Crippen LogP contribution in [0.5, 0.6) is 0 Å². The Hall–Kier alpha value is -0.190. The molecule has 0 aliphatic carbocycles. The van der Waals surface area contributed by atoms with Gasteiger partial charge < -0.3 is 15.3 Å². The monoisotopic (exact) mass is 194 g/mol. The minimum atomic E-state index is -1.50. The maximum atomic E-state index is 13.2. The molecule has 3 N–H and O–H groups in total. The van der Waals surface area contributed by atoms with E-state index in [-0.39, 0.29) is 11.8 Å². The van der Waals surface area contributed by atoms with Gasteiger partial charge in [0.15, 0.2) is 0 Å². The summed E-state index contributed by atoms with van der Waals surface area (Å²) in [6, 6.07) is 0. The Labute approximate surface area is 78.2 Å². The van der Waals surface area contributed by atoms with Crippen molar-refractivity contribution in [3.05, 3.63) is 0 Å². The molecule has 0 unspecified atom stereocenters. The highest BCUT2D eigenvalue weighted by Crippen LogP contribution is 2.24. The number of aliphatic hydroxyl groups excluding tert-OH is 3. The number of aliphatic hydroxyl groups is 3. The van der Waals surface area contributed by atoms with Gasteiger partial charge in [-0.15, -0.1) is 0 Å². The van der Waals surface area contributed by atoms with Crippen LogP contribution in [0.3, 0.4) is 0 Å². The Morgan fingerprint density at radius 2 is 1.69 bits per heavy atom. The molecule has 0 heterocycles. The molecule has 4 heteroatoms. The van der Waals surface area contributed by atoms with E-state index in [1.54, 1.807) is 0 Å². The van der Waals surface area contributed by atoms with Crippen LogP contribution in [0.15, 0.2) is 0 Å². The summed E-state index contributed by atoms with van der Waals surface area (Å²) in [6.45, 7) is 4.92. The van der Waals surface area contributed by atoms with Crippen molar-refractivity contribution in [3.63, 3.8) is 0 Å². The minimum absolute atomic E-state index is 0.158. The molecule has 0 rings (SSSR count). The van der Waals surface area contributed by atoms with E-state index < -0.39 is 25.0 Å². The summed E-state index contributed by atoms with van der Waals surface area (Å²) in [5.41, 5.74) is -0.241. The molecule has 0 aliphatic heterocycles. The van der Waals surface area contributed by atoms with Crippen molar-refractivity contribution in [1.82, 2.24) is 0 Å². The van der Waals surface area contributed by atoms with Crippen LogP contribution >= 0.6 is 0 Å². The van der Waals surface area contributed by atoms with Crippen LogP contribution < -0.4 is 0 Å². The van der Waals surface area contributed by atoms with Crippen molar-refractivity contribution < 1.29 is 19.7 Å². The van der Waals surface area contributed by atoms with E-state index in [9.17, 15) is 4.39 Å². The Balaban J connectivity index is 4.03. The zero-order chi connectivity index (χ0) is 10.6. The van der Waals surface area contributed by atoms with Crippen LogP contribution in [0.1, 0.15) is 27.2 Å². The van der Waals surface area contributed by atoms with Crippen LogP contribution in [0.2, 0.25) is 0 Å². The van der Waals surface area contributed by atoms with Gasteiger partial charge in [-0.25, -0.2) is 4.39 Å². The molecule has 0 radical (unpaired) electrons. The molecular formula is C9H19FO3. The molecule has 80 valence electrons. The predicted molar refractivity (Wildman–Crippen MR) is 48.1 cm³/mol. The van der Waals surface area contributed by atoms with E-state index in [0.717, 1.165) is 0 Å². The molecule has 0 aromatic heterocycles. The normalized spacial score (nSPS) is 19.6. The van der Waals surface area contributed by atoms with Crippen molar-refractivity contribution >= 4 is 0 Å². The molecule has 0 bridgehead atoms. The Morgan fingerprint density at radius 1 is 1.23 bits per heavy atom. The van der Waals surface area contributed by atoms with Gasteiger partial charge in [-0.1, -0.05) is 20.8 Å². The van der Waals surface area contributed by atoms with E-state index in [1.807, 2.05) is 20.8 Å². The number of halogens is 1. The summed E-state index contributed by atoms with van der Waals surface area (Å²) in [5.74, 6) is 0. The maximum absolute atomic E-state index is 13.2. The van der Waals surface area contributed by atoms with Crippen LogP contribution in [0.4, 0.5) is 4.39 Å². The van der Waals surface area contributed by atoms with Crippen molar-refractivity contribution in [2.75, 3.05) is 6.61 Å². The molecule has 0 amide bonds. The highest BCUT2D eigenvalue weighted by atomic mass is 19.1. The molecule has 0 fully saturated rings. The predicted octanol–water partition coefficient (Wildman–Crippen LogP) is 0.475. The quantitative estimate of drug-likeness (QED) is 0.610. The zero-order valence-electron chi connectivity index (χ0n) is 8.37. The largest absolute Gasteiger partial charge is 0.394 e. The molecule has 0 aromatic rings. The lowest BCUT2D eigenvalue weighted by Crippen LogP contribution is -2.38. The molecule has 0 aromatic carbocycles. The second-order valence-electron chi connectivity index (χ2n) is 4.52. The number of hydrogen-bond donors (Lipinski definition) is 3. The van der Waals surface area contributed by atoms with Gasteiger partial charge in [-0.2, -0.15) is 0 Å².